The molecule has 0 aliphatic carbocycles. The van der Waals surface area contributed by atoms with Crippen LogP contribution in [-0.4, -0.2) is 27.6 Å². The van der Waals surface area contributed by atoms with E-state index in [1.165, 1.54) is 10.9 Å². The minimum atomic E-state index is -2.70. The van der Waals surface area contributed by atoms with Gasteiger partial charge in [0.25, 0.3) is 12.0 Å². The molecule has 0 atom stereocenters. The fourth-order valence-corrected chi connectivity index (χ4v) is 3.35. The summed E-state index contributed by atoms with van der Waals surface area (Å²) in [7, 11) is 0. The van der Waals surface area contributed by atoms with Gasteiger partial charge in [0.1, 0.15) is 5.69 Å². The Hall–Kier alpha value is -1.83. The highest BCUT2D eigenvalue weighted by Crippen LogP contribution is 2.25. The maximum atomic E-state index is 12.5. The fourth-order valence-electron chi connectivity index (χ4n) is 2.65. The second kappa shape index (κ2) is 6.51. The van der Waals surface area contributed by atoms with Crippen LogP contribution in [-0.2, 0) is 6.54 Å². The van der Waals surface area contributed by atoms with Crippen molar-refractivity contribution in [2.75, 3.05) is 18.0 Å². The molecule has 3 rings (SSSR count). The second-order valence-electron chi connectivity index (χ2n) is 5.35. The monoisotopic (exact) mass is 326 g/mol. The third-order valence-electron chi connectivity index (χ3n) is 3.88. The van der Waals surface area contributed by atoms with E-state index in [0.717, 1.165) is 37.1 Å². The summed E-state index contributed by atoms with van der Waals surface area (Å²) in [6.45, 7) is 2.33. The van der Waals surface area contributed by atoms with Gasteiger partial charge in [-0.1, -0.05) is 0 Å². The molecule has 22 heavy (non-hydrogen) atoms. The normalized spacial score (nSPS) is 16.4. The summed E-state index contributed by atoms with van der Waals surface area (Å²) in [6, 6.07) is 0.926. The third-order valence-corrected chi connectivity index (χ3v) is 4.72. The van der Waals surface area contributed by atoms with Crippen LogP contribution in [0.5, 0.6) is 0 Å². The third kappa shape index (κ3) is 3.32. The van der Waals surface area contributed by atoms with Gasteiger partial charge in [-0.05, 0) is 18.8 Å². The van der Waals surface area contributed by atoms with Crippen molar-refractivity contribution >= 4 is 16.5 Å². The van der Waals surface area contributed by atoms with E-state index in [1.54, 1.807) is 17.5 Å². The Morgan fingerprint density at radius 2 is 2.09 bits per heavy atom. The zero-order chi connectivity index (χ0) is 15.5. The van der Waals surface area contributed by atoms with Gasteiger partial charge >= 0.3 is 0 Å². The van der Waals surface area contributed by atoms with Crippen molar-refractivity contribution < 1.29 is 8.78 Å². The highest BCUT2D eigenvalue weighted by atomic mass is 32.1. The molecule has 5 nitrogen and oxygen atoms in total. The summed E-state index contributed by atoms with van der Waals surface area (Å²) < 4.78 is 26.4. The summed E-state index contributed by atoms with van der Waals surface area (Å²) in [5.41, 5.74) is -0.868. The molecule has 0 amide bonds. The lowest BCUT2D eigenvalue weighted by Crippen LogP contribution is -2.36. The lowest BCUT2D eigenvalue weighted by Gasteiger charge is -2.31. The Bertz CT molecular complexity index is 666. The van der Waals surface area contributed by atoms with Crippen LogP contribution < -0.4 is 10.5 Å². The Balaban J connectivity index is 1.60. The molecule has 3 heterocycles. The van der Waals surface area contributed by atoms with Gasteiger partial charge in [-0.25, -0.2) is 18.7 Å². The van der Waals surface area contributed by atoms with Crippen LogP contribution in [0.1, 0.15) is 25.0 Å². The van der Waals surface area contributed by atoms with E-state index in [1.807, 2.05) is 5.38 Å². The maximum absolute atomic E-state index is 12.5. The zero-order valence-corrected chi connectivity index (χ0v) is 12.7. The van der Waals surface area contributed by atoms with Gasteiger partial charge in [0, 0.05) is 37.3 Å². The average Bonchev–Trinajstić information content (AvgIpc) is 3.04. The van der Waals surface area contributed by atoms with Crippen molar-refractivity contribution in [3.8, 4) is 0 Å². The lowest BCUT2D eigenvalue weighted by molar-refractivity contribution is 0.145. The topological polar surface area (TPSA) is 51.0 Å². The highest BCUT2D eigenvalue weighted by molar-refractivity contribution is 7.13. The highest BCUT2D eigenvalue weighted by Gasteiger charge is 2.21. The van der Waals surface area contributed by atoms with Crippen LogP contribution in [0.25, 0.3) is 0 Å². The van der Waals surface area contributed by atoms with Crippen LogP contribution in [0.2, 0.25) is 0 Å². The number of alkyl halides is 2. The molecule has 1 fully saturated rings. The van der Waals surface area contributed by atoms with Gasteiger partial charge in [-0.3, -0.25) is 9.36 Å². The SMILES string of the molecule is O=c1cc(C(F)F)ncn1CC1CCN(c2nccs2)CC1. The molecule has 2 aromatic rings. The molecule has 1 saturated heterocycles. The average molecular weight is 326 g/mol. The van der Waals surface area contributed by atoms with E-state index < -0.39 is 17.7 Å². The Morgan fingerprint density at radius 3 is 2.68 bits per heavy atom. The molecule has 0 N–H and O–H groups in total. The lowest BCUT2D eigenvalue weighted by atomic mass is 9.97. The number of hydrogen-bond donors (Lipinski definition) is 0. The first-order valence-electron chi connectivity index (χ1n) is 7.12. The van der Waals surface area contributed by atoms with Crippen molar-refractivity contribution in [3.05, 3.63) is 40.0 Å². The molecule has 1 aliphatic heterocycles. The molecule has 0 bridgehead atoms. The number of piperidine rings is 1. The van der Waals surface area contributed by atoms with E-state index in [0.29, 0.717) is 12.5 Å². The number of halogens is 2. The van der Waals surface area contributed by atoms with E-state index in [-0.39, 0.29) is 0 Å². The minimum Gasteiger partial charge on any atom is -0.348 e. The Labute approximate surface area is 130 Å². The summed E-state index contributed by atoms with van der Waals surface area (Å²) in [5.74, 6) is 0.355. The quantitative estimate of drug-likeness (QED) is 0.866. The largest absolute Gasteiger partial charge is 0.348 e. The molecule has 118 valence electrons. The smallest absolute Gasteiger partial charge is 0.280 e. The second-order valence-corrected chi connectivity index (χ2v) is 6.22. The predicted octanol–water partition coefficient (Wildman–Crippen LogP) is 2.55. The molecular formula is C14H16F2N4OS. The van der Waals surface area contributed by atoms with E-state index in [2.05, 4.69) is 14.9 Å². The van der Waals surface area contributed by atoms with Gasteiger partial charge in [0.15, 0.2) is 5.13 Å². The first-order valence-corrected chi connectivity index (χ1v) is 8.00. The molecule has 1 aliphatic rings. The van der Waals surface area contributed by atoms with Gasteiger partial charge in [-0.15, -0.1) is 11.3 Å². The summed E-state index contributed by atoms with van der Waals surface area (Å²) in [6.07, 6.45) is 2.22. The van der Waals surface area contributed by atoms with Crippen LogP contribution >= 0.6 is 11.3 Å². The van der Waals surface area contributed by atoms with Crippen LogP contribution in [0.4, 0.5) is 13.9 Å². The molecule has 0 unspecified atom stereocenters. The van der Waals surface area contributed by atoms with Crippen molar-refractivity contribution in [1.29, 1.82) is 0 Å². The molecule has 0 spiro atoms. The molecule has 2 aromatic heterocycles. The van der Waals surface area contributed by atoms with Crippen molar-refractivity contribution in [3.63, 3.8) is 0 Å². The first kappa shape index (κ1) is 15.1. The first-order chi connectivity index (χ1) is 10.6. The molecule has 0 aromatic carbocycles. The van der Waals surface area contributed by atoms with Gasteiger partial charge in [0.05, 0.1) is 6.33 Å². The number of hydrogen-bond acceptors (Lipinski definition) is 5. The van der Waals surface area contributed by atoms with Crippen molar-refractivity contribution in [2.24, 2.45) is 5.92 Å². The van der Waals surface area contributed by atoms with Crippen LogP contribution in [0.3, 0.4) is 0 Å². The number of thiazole rings is 1. The number of rotatable bonds is 4. The maximum Gasteiger partial charge on any atom is 0.280 e. The minimum absolute atomic E-state index is 0.355. The van der Waals surface area contributed by atoms with Gasteiger partial charge < -0.3 is 4.90 Å². The summed E-state index contributed by atoms with van der Waals surface area (Å²) in [5, 5.41) is 2.98. The Morgan fingerprint density at radius 1 is 1.32 bits per heavy atom. The van der Waals surface area contributed by atoms with E-state index in [9.17, 15) is 13.6 Å². The predicted molar refractivity (Wildman–Crippen MR) is 80.5 cm³/mol. The van der Waals surface area contributed by atoms with Crippen molar-refractivity contribution in [1.82, 2.24) is 14.5 Å². The number of aromatic nitrogens is 3. The van der Waals surface area contributed by atoms with Crippen LogP contribution in [0.15, 0.2) is 28.8 Å². The van der Waals surface area contributed by atoms with E-state index >= 15 is 0 Å². The number of anilines is 1. The van der Waals surface area contributed by atoms with Crippen LogP contribution in [0, 0.1) is 5.92 Å². The zero-order valence-electron chi connectivity index (χ0n) is 11.9. The fraction of sp³-hybridized carbons (Fsp3) is 0.500. The number of nitrogens with zero attached hydrogens (tertiary/aromatic N) is 4. The van der Waals surface area contributed by atoms with Gasteiger partial charge in [-0.2, -0.15) is 0 Å². The molecular weight excluding hydrogens is 310 g/mol. The molecule has 0 saturated carbocycles. The van der Waals surface area contributed by atoms with E-state index in [4.69, 9.17) is 0 Å². The van der Waals surface area contributed by atoms with Gasteiger partial charge in [0.2, 0.25) is 0 Å². The summed E-state index contributed by atoms with van der Waals surface area (Å²) in [4.78, 5) is 22.0. The standard InChI is InChI=1S/C14H16F2N4OS/c15-13(16)11-7-12(21)20(9-18-11)8-10-1-4-19(5-2-10)14-17-3-6-22-14/h3,6-7,9-10,13H,1-2,4-5,8H2. The summed E-state index contributed by atoms with van der Waals surface area (Å²) >= 11 is 1.62. The Kier molecular flexibility index (Phi) is 4.47. The molecule has 8 heteroatoms. The molecule has 0 radical (unpaired) electrons. The van der Waals surface area contributed by atoms with Crippen molar-refractivity contribution in [2.45, 2.75) is 25.8 Å².